The first-order valence-corrected chi connectivity index (χ1v) is 14.6. The van der Waals surface area contributed by atoms with Crippen LogP contribution in [0, 0.1) is 0 Å². The quantitative estimate of drug-likeness (QED) is 0.0466. The molecule has 0 radical (unpaired) electrons. The van der Waals surface area contributed by atoms with Gasteiger partial charge in [0.15, 0.2) is 5.76 Å². The van der Waals surface area contributed by atoms with Gasteiger partial charge in [0.25, 0.3) is 0 Å². The molecule has 0 rings (SSSR count). The molecular weight excluding hydrogens is 443 g/mol. The Morgan fingerprint density at radius 2 is 1.09 bits per heavy atom. The Morgan fingerprint density at radius 1 is 0.697 bits per heavy atom. The number of aliphatic hydroxyl groups is 1. The monoisotopic (exact) mass is 492 g/mol. The van der Waals surface area contributed by atoms with Gasteiger partial charge in [-0.1, -0.05) is 103 Å². The molecule has 0 aliphatic carbocycles. The van der Waals surface area contributed by atoms with E-state index in [2.05, 4.69) is 6.92 Å². The van der Waals surface area contributed by atoms with Gasteiger partial charge in [-0.25, -0.2) is 9.36 Å². The highest BCUT2D eigenvalue weighted by Crippen LogP contribution is 2.43. The molecule has 8 heteroatoms. The molecule has 1 unspecified atom stereocenters. The highest BCUT2D eigenvalue weighted by Gasteiger charge is 2.20. The zero-order valence-electron chi connectivity index (χ0n) is 21.1. The number of phosphoric acid groups is 1. The van der Waals surface area contributed by atoms with Crippen LogP contribution < -0.4 is 0 Å². The normalized spacial score (nSPS) is 13.7. The molecule has 0 aromatic heterocycles. The Kier molecular flexibility index (Phi) is 22.3. The molecule has 0 amide bonds. The van der Waals surface area contributed by atoms with Crippen molar-refractivity contribution in [2.45, 2.75) is 123 Å². The Balaban J connectivity index is 3.38. The lowest BCUT2D eigenvalue weighted by molar-refractivity contribution is -0.142. The fourth-order valence-corrected chi connectivity index (χ4v) is 4.26. The van der Waals surface area contributed by atoms with Crippen molar-refractivity contribution in [2.75, 3.05) is 19.8 Å². The van der Waals surface area contributed by atoms with Crippen molar-refractivity contribution in [1.82, 2.24) is 0 Å². The zero-order valence-corrected chi connectivity index (χ0v) is 22.0. The van der Waals surface area contributed by atoms with Crippen LogP contribution in [-0.2, 0) is 23.1 Å². The minimum Gasteiger partial charge on any atom is -0.502 e. The number of esters is 1. The number of unbranched alkanes of at least 4 members (excludes halogenated alkanes) is 15. The lowest BCUT2D eigenvalue weighted by Crippen LogP contribution is -2.10. The van der Waals surface area contributed by atoms with Gasteiger partial charge in [0.1, 0.15) is 0 Å². The van der Waals surface area contributed by atoms with Gasteiger partial charge in [0.2, 0.25) is 0 Å². The molecule has 7 nitrogen and oxygen atoms in total. The van der Waals surface area contributed by atoms with E-state index in [1.54, 1.807) is 0 Å². The van der Waals surface area contributed by atoms with Gasteiger partial charge < -0.3 is 14.7 Å². The smallest absolute Gasteiger partial charge is 0.472 e. The predicted octanol–water partition coefficient (Wildman–Crippen LogP) is 7.78. The van der Waals surface area contributed by atoms with Crippen molar-refractivity contribution in [3.05, 3.63) is 11.8 Å². The Labute approximate surface area is 201 Å². The van der Waals surface area contributed by atoms with Crippen LogP contribution in [0.5, 0.6) is 0 Å². The zero-order chi connectivity index (χ0) is 24.6. The lowest BCUT2D eigenvalue weighted by atomic mass is 10.0. The standard InChI is InChI=1S/C25H49O7P/c1-3-5-6-7-8-9-10-11-12-13-14-15-16-17-18-19-22-31-33(28,29)32-23-20-21-30-25(27)24(26)4-2/h4,26H,3,5-23H2,1-2H3,(H,28,29). The number of carbonyl (C=O) groups excluding carboxylic acids is 1. The minimum absolute atomic E-state index is 0.0180. The fourth-order valence-electron chi connectivity index (χ4n) is 3.46. The van der Waals surface area contributed by atoms with Gasteiger partial charge in [0, 0.05) is 6.42 Å². The summed E-state index contributed by atoms with van der Waals surface area (Å²) in [6.07, 6.45) is 21.8. The number of carbonyl (C=O) groups is 1. The Morgan fingerprint density at radius 3 is 1.52 bits per heavy atom. The largest absolute Gasteiger partial charge is 0.502 e. The predicted molar refractivity (Wildman–Crippen MR) is 133 cm³/mol. The third-order valence-corrected chi connectivity index (χ3v) is 6.53. The number of ether oxygens (including phenoxy) is 1. The first-order valence-electron chi connectivity index (χ1n) is 13.1. The van der Waals surface area contributed by atoms with Crippen molar-refractivity contribution in [2.24, 2.45) is 0 Å². The molecule has 196 valence electrons. The minimum atomic E-state index is -4.07. The van der Waals surface area contributed by atoms with Gasteiger partial charge in [0.05, 0.1) is 19.8 Å². The summed E-state index contributed by atoms with van der Waals surface area (Å²) in [5.74, 6) is -1.30. The van der Waals surface area contributed by atoms with Crippen LogP contribution in [0.2, 0.25) is 0 Å². The molecule has 0 saturated heterocycles. The Hall–Kier alpha value is -0.880. The van der Waals surface area contributed by atoms with Crippen LogP contribution in [-0.4, -0.2) is 35.8 Å². The average Bonchev–Trinajstić information content (AvgIpc) is 2.80. The summed E-state index contributed by atoms with van der Waals surface area (Å²) in [5, 5.41) is 9.14. The number of hydrogen-bond acceptors (Lipinski definition) is 6. The van der Waals surface area contributed by atoms with Gasteiger partial charge >= 0.3 is 13.8 Å². The van der Waals surface area contributed by atoms with Crippen LogP contribution in [0.3, 0.4) is 0 Å². The summed E-state index contributed by atoms with van der Waals surface area (Å²) in [5.41, 5.74) is 0. The van der Waals surface area contributed by atoms with Crippen LogP contribution in [0.25, 0.3) is 0 Å². The number of rotatable bonds is 24. The molecule has 0 aromatic rings. The van der Waals surface area contributed by atoms with Crippen molar-refractivity contribution >= 4 is 13.8 Å². The van der Waals surface area contributed by atoms with Crippen molar-refractivity contribution < 1.29 is 33.1 Å². The number of aliphatic hydroxyl groups excluding tert-OH is 1. The molecule has 0 bridgehead atoms. The third-order valence-electron chi connectivity index (χ3n) is 5.51. The van der Waals surface area contributed by atoms with Gasteiger partial charge in [-0.15, -0.1) is 0 Å². The summed E-state index contributed by atoms with van der Waals surface area (Å²) < 4.78 is 26.3. The van der Waals surface area contributed by atoms with Crippen molar-refractivity contribution in [1.29, 1.82) is 0 Å². The number of phosphoric ester groups is 1. The summed E-state index contributed by atoms with van der Waals surface area (Å²) in [4.78, 5) is 20.8. The molecule has 2 N–H and O–H groups in total. The van der Waals surface area contributed by atoms with E-state index in [1.807, 2.05) is 0 Å². The summed E-state index contributed by atoms with van der Waals surface area (Å²) in [6.45, 7) is 3.87. The summed E-state index contributed by atoms with van der Waals surface area (Å²) >= 11 is 0. The molecule has 0 aliphatic rings. The van der Waals surface area contributed by atoms with Gasteiger partial charge in [-0.2, -0.15) is 0 Å². The second-order valence-electron chi connectivity index (χ2n) is 8.60. The average molecular weight is 493 g/mol. The molecule has 0 heterocycles. The topological polar surface area (TPSA) is 102 Å². The van der Waals surface area contributed by atoms with Crippen LogP contribution in [0.1, 0.15) is 123 Å². The van der Waals surface area contributed by atoms with Gasteiger partial charge in [-0.05, 0) is 19.4 Å². The second kappa shape index (κ2) is 22.9. The van der Waals surface area contributed by atoms with E-state index >= 15 is 0 Å². The molecule has 0 fully saturated rings. The maximum atomic E-state index is 11.8. The van der Waals surface area contributed by atoms with E-state index in [-0.39, 0.29) is 26.2 Å². The Bertz CT molecular complexity index is 537. The summed E-state index contributed by atoms with van der Waals surface area (Å²) in [6, 6.07) is 0. The molecule has 33 heavy (non-hydrogen) atoms. The lowest BCUT2D eigenvalue weighted by Gasteiger charge is -2.12. The van der Waals surface area contributed by atoms with E-state index in [0.717, 1.165) is 19.3 Å². The highest BCUT2D eigenvalue weighted by molar-refractivity contribution is 7.47. The molecule has 0 aromatic carbocycles. The molecule has 0 spiro atoms. The van der Waals surface area contributed by atoms with Crippen LogP contribution >= 0.6 is 7.82 Å². The van der Waals surface area contributed by atoms with E-state index < -0.39 is 19.6 Å². The van der Waals surface area contributed by atoms with E-state index in [9.17, 15) is 14.3 Å². The molecule has 0 saturated carbocycles. The van der Waals surface area contributed by atoms with Crippen LogP contribution in [0.4, 0.5) is 0 Å². The van der Waals surface area contributed by atoms with E-state index in [0.29, 0.717) is 0 Å². The molecule has 1 atom stereocenters. The number of allylic oxidation sites excluding steroid dienone is 1. The SMILES string of the molecule is CC=C(O)C(=O)OCCCOP(=O)(O)OCCCCCCCCCCCCCCCCCC. The first-order chi connectivity index (χ1) is 15.9. The van der Waals surface area contributed by atoms with E-state index in [4.69, 9.17) is 18.9 Å². The highest BCUT2D eigenvalue weighted by atomic mass is 31.2. The summed E-state index contributed by atoms with van der Waals surface area (Å²) in [7, 11) is -4.07. The maximum absolute atomic E-state index is 11.8. The second-order valence-corrected chi connectivity index (χ2v) is 10.1. The molecule has 0 aliphatic heterocycles. The fraction of sp³-hybridized carbons (Fsp3) is 0.880. The third kappa shape index (κ3) is 22.7. The maximum Gasteiger partial charge on any atom is 0.472 e. The molecular formula is C25H49O7P. The van der Waals surface area contributed by atoms with Gasteiger partial charge in [-0.3, -0.25) is 9.05 Å². The van der Waals surface area contributed by atoms with Crippen LogP contribution in [0.15, 0.2) is 11.8 Å². The number of hydrogen-bond donors (Lipinski definition) is 2. The van der Waals surface area contributed by atoms with Crippen molar-refractivity contribution in [3.63, 3.8) is 0 Å². The van der Waals surface area contributed by atoms with Crippen molar-refractivity contribution in [3.8, 4) is 0 Å². The first kappa shape index (κ1) is 32.1. The van der Waals surface area contributed by atoms with E-state index in [1.165, 1.54) is 96.5 Å².